The molecule has 30 heavy (non-hydrogen) atoms. The van der Waals surface area contributed by atoms with Crippen molar-refractivity contribution in [1.29, 1.82) is 0 Å². The van der Waals surface area contributed by atoms with Crippen molar-refractivity contribution in [3.05, 3.63) is 64.7 Å². The van der Waals surface area contributed by atoms with Gasteiger partial charge in [0.15, 0.2) is 0 Å². The third-order valence-electron chi connectivity index (χ3n) is 5.15. The molecule has 1 unspecified atom stereocenters. The Hall–Kier alpha value is -2.47. The molecule has 0 bridgehead atoms. The third kappa shape index (κ3) is 5.57. The predicted molar refractivity (Wildman–Crippen MR) is 120 cm³/mol. The van der Waals surface area contributed by atoms with Crippen molar-refractivity contribution in [3.63, 3.8) is 0 Å². The van der Waals surface area contributed by atoms with E-state index in [1.165, 1.54) is 12.7 Å². The van der Waals surface area contributed by atoms with Gasteiger partial charge < -0.3 is 14.8 Å². The molecule has 1 aliphatic rings. The molecule has 5 nitrogen and oxygen atoms in total. The number of unbranched alkanes of at least 4 members (excludes halogenated alkanes) is 2. The van der Waals surface area contributed by atoms with Crippen molar-refractivity contribution in [2.24, 2.45) is 0 Å². The summed E-state index contributed by atoms with van der Waals surface area (Å²) < 4.78 is 10.9. The molecule has 3 rings (SSSR count). The molecule has 0 saturated carbocycles. The molecular formula is C24H29NO4S. The number of rotatable bonds is 9. The van der Waals surface area contributed by atoms with Crippen LogP contribution in [0.5, 0.6) is 5.75 Å². The molecule has 1 amide bonds. The van der Waals surface area contributed by atoms with Gasteiger partial charge in [0.05, 0.1) is 17.9 Å². The first kappa shape index (κ1) is 22.2. The fourth-order valence-electron chi connectivity index (χ4n) is 3.54. The van der Waals surface area contributed by atoms with Gasteiger partial charge in [0.1, 0.15) is 12.4 Å². The van der Waals surface area contributed by atoms with Crippen LogP contribution in [-0.2, 0) is 16.1 Å². The Labute approximate surface area is 182 Å². The van der Waals surface area contributed by atoms with Gasteiger partial charge in [-0.05, 0) is 35.7 Å². The van der Waals surface area contributed by atoms with Gasteiger partial charge in [-0.25, -0.2) is 4.79 Å². The van der Waals surface area contributed by atoms with Crippen LogP contribution in [0.15, 0.2) is 42.5 Å². The second kappa shape index (κ2) is 11.1. The molecule has 0 radical (unpaired) electrons. The number of carbonyl (C=O) groups is 2. The third-order valence-corrected chi connectivity index (χ3v) is 6.43. The van der Waals surface area contributed by atoms with Crippen LogP contribution in [-0.4, -0.2) is 31.3 Å². The largest absolute Gasteiger partial charge is 0.489 e. The van der Waals surface area contributed by atoms with Crippen LogP contribution in [0.1, 0.15) is 64.9 Å². The summed E-state index contributed by atoms with van der Waals surface area (Å²) >= 11 is 1.75. The van der Waals surface area contributed by atoms with Crippen molar-refractivity contribution in [2.75, 3.05) is 19.4 Å². The van der Waals surface area contributed by atoms with Crippen LogP contribution < -0.4 is 10.1 Å². The Balaban J connectivity index is 1.75. The van der Waals surface area contributed by atoms with Gasteiger partial charge in [-0.1, -0.05) is 44.0 Å². The second-order valence-corrected chi connectivity index (χ2v) is 8.50. The van der Waals surface area contributed by atoms with Gasteiger partial charge in [-0.3, -0.25) is 4.79 Å². The van der Waals surface area contributed by atoms with Crippen LogP contribution in [0.25, 0.3) is 0 Å². The number of nitrogens with one attached hydrogen (secondary N) is 1. The zero-order chi connectivity index (χ0) is 21.3. The summed E-state index contributed by atoms with van der Waals surface area (Å²) in [7, 11) is 1.38. The van der Waals surface area contributed by atoms with E-state index >= 15 is 0 Å². The van der Waals surface area contributed by atoms with E-state index in [-0.39, 0.29) is 17.1 Å². The first-order valence-electron chi connectivity index (χ1n) is 10.4. The maximum absolute atomic E-state index is 12.1. The van der Waals surface area contributed by atoms with Gasteiger partial charge in [0.2, 0.25) is 5.91 Å². The number of thioether (sulfide) groups is 1. The molecule has 0 fully saturated rings. The molecule has 160 valence electrons. The number of amides is 1. The predicted octanol–water partition coefficient (Wildman–Crippen LogP) is 4.88. The Morgan fingerprint density at radius 1 is 1.17 bits per heavy atom. The average molecular weight is 428 g/mol. The smallest absolute Gasteiger partial charge is 0.337 e. The first-order chi connectivity index (χ1) is 14.6. The fourth-order valence-corrected chi connectivity index (χ4v) is 4.77. The van der Waals surface area contributed by atoms with Crippen molar-refractivity contribution in [1.82, 2.24) is 5.32 Å². The monoisotopic (exact) mass is 427 g/mol. The number of methoxy groups -OCH3 is 1. The van der Waals surface area contributed by atoms with Crippen molar-refractivity contribution < 1.29 is 19.1 Å². The lowest BCUT2D eigenvalue weighted by atomic mass is 9.98. The lowest BCUT2D eigenvalue weighted by molar-refractivity contribution is -0.121. The average Bonchev–Trinajstić information content (AvgIpc) is 2.93. The van der Waals surface area contributed by atoms with E-state index in [0.29, 0.717) is 25.1 Å². The van der Waals surface area contributed by atoms with Crippen molar-refractivity contribution >= 4 is 23.6 Å². The quantitative estimate of drug-likeness (QED) is 0.456. The highest BCUT2D eigenvalue weighted by Crippen LogP contribution is 2.44. The van der Waals surface area contributed by atoms with E-state index in [9.17, 15) is 9.59 Å². The number of esters is 1. The second-order valence-electron chi connectivity index (χ2n) is 7.29. The van der Waals surface area contributed by atoms with Gasteiger partial charge in [-0.15, -0.1) is 11.8 Å². The van der Waals surface area contributed by atoms with Crippen LogP contribution in [0.3, 0.4) is 0 Å². The first-order valence-corrected chi connectivity index (χ1v) is 11.5. The molecule has 6 heteroatoms. The van der Waals surface area contributed by atoms with Gasteiger partial charge in [-0.2, -0.15) is 0 Å². The number of benzene rings is 2. The topological polar surface area (TPSA) is 64.6 Å². The number of fused-ring (bicyclic) bond motifs is 2. The maximum atomic E-state index is 12.1. The molecule has 1 N–H and O–H groups in total. The Bertz CT molecular complexity index is 883. The molecule has 0 aromatic heterocycles. The molecule has 1 atom stereocenters. The minimum absolute atomic E-state index is 0.0142. The molecular weight excluding hydrogens is 398 g/mol. The van der Waals surface area contributed by atoms with Gasteiger partial charge in [0, 0.05) is 24.3 Å². The van der Waals surface area contributed by atoms with Gasteiger partial charge in [0.25, 0.3) is 0 Å². The Kier molecular flexibility index (Phi) is 8.20. The summed E-state index contributed by atoms with van der Waals surface area (Å²) in [5.41, 5.74) is 3.78. The lowest BCUT2D eigenvalue weighted by Gasteiger charge is -2.19. The van der Waals surface area contributed by atoms with Crippen LogP contribution in [0.4, 0.5) is 0 Å². The van der Waals surface area contributed by atoms with E-state index in [2.05, 4.69) is 24.4 Å². The molecule has 1 aliphatic heterocycles. The SMILES string of the molecule is CCCCCC(=O)NCCSC1c2ccccc2COc2ccc(C(=O)OC)cc21. The number of ether oxygens (including phenoxy) is 2. The summed E-state index contributed by atoms with van der Waals surface area (Å²) in [6.45, 7) is 3.24. The standard InChI is InChI=1S/C24H29NO4S/c1-3-4-5-10-22(26)25-13-14-30-23-19-9-7-6-8-18(19)16-29-21-12-11-17(15-20(21)23)24(27)28-2/h6-9,11-12,15,23H,3-5,10,13-14,16H2,1-2H3,(H,25,26). The molecule has 0 saturated heterocycles. The highest BCUT2D eigenvalue weighted by molar-refractivity contribution is 7.99. The summed E-state index contributed by atoms with van der Waals surface area (Å²) in [5, 5.41) is 3.03. The molecule has 0 aliphatic carbocycles. The van der Waals surface area contributed by atoms with E-state index in [1.54, 1.807) is 17.8 Å². The minimum atomic E-state index is -0.363. The lowest BCUT2D eigenvalue weighted by Crippen LogP contribution is -2.25. The van der Waals surface area contributed by atoms with Crippen molar-refractivity contribution in [2.45, 2.75) is 44.5 Å². The maximum Gasteiger partial charge on any atom is 0.337 e. The Morgan fingerprint density at radius 2 is 2.00 bits per heavy atom. The zero-order valence-corrected chi connectivity index (χ0v) is 18.4. The van der Waals surface area contributed by atoms with Crippen LogP contribution in [0.2, 0.25) is 0 Å². The summed E-state index contributed by atoms with van der Waals surface area (Å²) in [6.07, 6.45) is 3.72. The van der Waals surface area contributed by atoms with E-state index < -0.39 is 0 Å². The van der Waals surface area contributed by atoms with Gasteiger partial charge >= 0.3 is 5.97 Å². The summed E-state index contributed by atoms with van der Waals surface area (Å²) in [4.78, 5) is 24.0. The fraction of sp³-hybridized carbons (Fsp3) is 0.417. The molecule has 1 heterocycles. The summed E-state index contributed by atoms with van der Waals surface area (Å²) in [6, 6.07) is 13.7. The van der Waals surface area contributed by atoms with Crippen LogP contribution in [0, 0.1) is 0 Å². The zero-order valence-electron chi connectivity index (χ0n) is 17.6. The normalized spacial score (nSPS) is 14.7. The van der Waals surface area contributed by atoms with Crippen LogP contribution >= 0.6 is 11.8 Å². The van der Waals surface area contributed by atoms with E-state index in [4.69, 9.17) is 9.47 Å². The highest BCUT2D eigenvalue weighted by Gasteiger charge is 2.26. The molecule has 2 aromatic carbocycles. The molecule has 2 aromatic rings. The van der Waals surface area contributed by atoms with Crippen molar-refractivity contribution in [3.8, 4) is 5.75 Å². The summed E-state index contributed by atoms with van der Waals surface area (Å²) in [5.74, 6) is 1.29. The number of carbonyl (C=O) groups excluding carboxylic acids is 2. The molecule has 0 spiro atoms. The Morgan fingerprint density at radius 3 is 2.80 bits per heavy atom. The number of hydrogen-bond donors (Lipinski definition) is 1. The highest BCUT2D eigenvalue weighted by atomic mass is 32.2. The minimum Gasteiger partial charge on any atom is -0.489 e. The van der Waals surface area contributed by atoms with E-state index in [1.807, 2.05) is 24.3 Å². The number of hydrogen-bond acceptors (Lipinski definition) is 5. The van der Waals surface area contributed by atoms with E-state index in [0.717, 1.165) is 41.9 Å².